The summed E-state index contributed by atoms with van der Waals surface area (Å²) in [5, 5.41) is 9.68. The Kier molecular flexibility index (Phi) is 7.34. The van der Waals surface area contributed by atoms with Crippen molar-refractivity contribution in [2.24, 2.45) is 5.10 Å². The lowest BCUT2D eigenvalue weighted by atomic mass is 9.99. The van der Waals surface area contributed by atoms with E-state index in [2.05, 4.69) is 42.0 Å². The largest absolute Gasteiger partial charge is 0.493 e. The lowest BCUT2D eigenvalue weighted by Gasteiger charge is -2.24. The maximum atomic E-state index is 13.7. The number of aromatic nitrogens is 1. The number of thioether (sulfide) groups is 1. The van der Waals surface area contributed by atoms with Crippen molar-refractivity contribution >= 4 is 45.6 Å². The summed E-state index contributed by atoms with van der Waals surface area (Å²) in [4.78, 5) is 15.9. The molecule has 0 radical (unpaired) electrons. The summed E-state index contributed by atoms with van der Waals surface area (Å²) < 4.78 is 13.5. The summed E-state index contributed by atoms with van der Waals surface area (Å²) in [7, 11) is 3.25. The molecule has 4 aromatic rings. The molecular formula is C28H29N3O3S2. The Bertz CT molecular complexity index is 1390. The SMILES string of the molecule is CCCn1cc(SCC(=O)N2N=C(c3cccs3)C[C@H]2c2cccc(OC)c2OC)c2ccccc21. The van der Waals surface area contributed by atoms with Crippen LogP contribution in [-0.4, -0.2) is 41.2 Å². The minimum Gasteiger partial charge on any atom is -0.493 e. The third-order valence-corrected chi connectivity index (χ3v) is 8.28. The van der Waals surface area contributed by atoms with Gasteiger partial charge in [0.2, 0.25) is 0 Å². The fourth-order valence-corrected chi connectivity index (χ4v) is 6.37. The molecule has 0 saturated heterocycles. The minimum atomic E-state index is -0.262. The second-order valence-corrected chi connectivity index (χ2v) is 10.5. The van der Waals surface area contributed by atoms with Crippen molar-refractivity contribution < 1.29 is 14.3 Å². The third-order valence-electron chi connectivity index (χ3n) is 6.33. The molecule has 3 heterocycles. The Labute approximate surface area is 219 Å². The van der Waals surface area contributed by atoms with E-state index in [0.29, 0.717) is 23.7 Å². The van der Waals surface area contributed by atoms with Crippen molar-refractivity contribution in [3.63, 3.8) is 0 Å². The topological polar surface area (TPSA) is 56.1 Å². The molecule has 2 aromatic heterocycles. The molecule has 1 aliphatic heterocycles. The van der Waals surface area contributed by atoms with E-state index in [1.54, 1.807) is 42.3 Å². The van der Waals surface area contributed by atoms with Crippen molar-refractivity contribution in [3.05, 3.63) is 76.6 Å². The molecule has 186 valence electrons. The van der Waals surface area contributed by atoms with E-state index in [1.165, 1.54) is 10.9 Å². The highest BCUT2D eigenvalue weighted by atomic mass is 32.2. The van der Waals surface area contributed by atoms with Gasteiger partial charge in [-0.15, -0.1) is 23.1 Å². The van der Waals surface area contributed by atoms with E-state index in [1.807, 2.05) is 35.7 Å². The molecule has 0 saturated carbocycles. The molecule has 1 aliphatic rings. The first-order valence-electron chi connectivity index (χ1n) is 12.0. The summed E-state index contributed by atoms with van der Waals surface area (Å²) >= 11 is 3.21. The fraction of sp³-hybridized carbons (Fsp3) is 0.286. The van der Waals surface area contributed by atoms with E-state index in [0.717, 1.165) is 34.0 Å². The van der Waals surface area contributed by atoms with Crippen LogP contribution in [0.5, 0.6) is 11.5 Å². The molecule has 5 rings (SSSR count). The van der Waals surface area contributed by atoms with Gasteiger partial charge >= 0.3 is 0 Å². The maximum absolute atomic E-state index is 13.7. The van der Waals surface area contributed by atoms with Crippen LogP contribution in [0.1, 0.15) is 36.2 Å². The molecule has 0 unspecified atom stereocenters. The van der Waals surface area contributed by atoms with Crippen LogP contribution in [-0.2, 0) is 11.3 Å². The van der Waals surface area contributed by atoms with Gasteiger partial charge in [0.25, 0.3) is 5.91 Å². The number of thiophene rings is 1. The van der Waals surface area contributed by atoms with Crippen molar-refractivity contribution in [1.29, 1.82) is 0 Å². The van der Waals surface area contributed by atoms with E-state index in [4.69, 9.17) is 14.6 Å². The predicted octanol–water partition coefficient (Wildman–Crippen LogP) is 6.60. The number of para-hydroxylation sites is 2. The zero-order valence-electron chi connectivity index (χ0n) is 20.6. The van der Waals surface area contributed by atoms with Crippen molar-refractivity contribution in [2.75, 3.05) is 20.0 Å². The number of hydrogen-bond acceptors (Lipinski definition) is 6. The predicted molar refractivity (Wildman–Crippen MR) is 148 cm³/mol. The number of amides is 1. The molecule has 2 aromatic carbocycles. The van der Waals surface area contributed by atoms with Crippen LogP contribution in [0, 0.1) is 0 Å². The average molecular weight is 520 g/mol. The average Bonchev–Trinajstić information content (AvgIpc) is 3.66. The summed E-state index contributed by atoms with van der Waals surface area (Å²) in [5.41, 5.74) is 3.01. The van der Waals surface area contributed by atoms with Gasteiger partial charge in [0.1, 0.15) is 0 Å². The van der Waals surface area contributed by atoms with Crippen molar-refractivity contribution in [1.82, 2.24) is 9.58 Å². The Balaban J connectivity index is 1.44. The molecule has 0 spiro atoms. The van der Waals surface area contributed by atoms with Crippen LogP contribution in [0.2, 0.25) is 0 Å². The van der Waals surface area contributed by atoms with Crippen molar-refractivity contribution in [3.8, 4) is 11.5 Å². The lowest BCUT2D eigenvalue weighted by molar-refractivity contribution is -0.130. The van der Waals surface area contributed by atoms with Gasteiger partial charge in [-0.1, -0.05) is 43.3 Å². The molecule has 1 amide bonds. The Morgan fingerprint density at radius 2 is 1.97 bits per heavy atom. The smallest absolute Gasteiger partial charge is 0.253 e. The normalized spacial score (nSPS) is 15.4. The molecular weight excluding hydrogens is 490 g/mol. The number of methoxy groups -OCH3 is 2. The van der Waals surface area contributed by atoms with Crippen molar-refractivity contribution in [2.45, 2.75) is 37.2 Å². The van der Waals surface area contributed by atoms with Crippen LogP contribution >= 0.6 is 23.1 Å². The highest BCUT2D eigenvalue weighted by Crippen LogP contribution is 2.42. The third kappa shape index (κ3) is 4.63. The van der Waals surface area contributed by atoms with Gasteiger partial charge in [0.05, 0.1) is 36.6 Å². The highest BCUT2D eigenvalue weighted by Gasteiger charge is 2.35. The van der Waals surface area contributed by atoms with Gasteiger partial charge in [-0.2, -0.15) is 5.10 Å². The standard InChI is InChI=1S/C28H29N3O3S2/c1-4-14-30-17-26(19-9-5-6-11-22(19)30)36-18-27(32)31-23(16-21(29-31)25-13-8-15-35-25)20-10-7-12-24(33-2)28(20)34-3/h5-13,15,17,23H,4,14,16,18H2,1-3H3/t23-/m0/s1. The van der Waals surface area contributed by atoms with E-state index in [-0.39, 0.29) is 11.9 Å². The molecule has 0 fully saturated rings. The Morgan fingerprint density at radius 3 is 2.72 bits per heavy atom. The van der Waals surface area contributed by atoms with E-state index >= 15 is 0 Å². The van der Waals surface area contributed by atoms with E-state index in [9.17, 15) is 4.79 Å². The number of fused-ring (bicyclic) bond motifs is 1. The van der Waals surface area contributed by atoms with Gasteiger partial charge < -0.3 is 14.0 Å². The first-order valence-corrected chi connectivity index (χ1v) is 13.9. The molecule has 1 atom stereocenters. The first-order chi connectivity index (χ1) is 17.6. The zero-order valence-corrected chi connectivity index (χ0v) is 22.3. The molecule has 36 heavy (non-hydrogen) atoms. The first kappa shape index (κ1) is 24.5. The van der Waals surface area contributed by atoms with E-state index < -0.39 is 0 Å². The summed E-state index contributed by atoms with van der Waals surface area (Å²) in [6.07, 6.45) is 3.84. The number of ether oxygens (including phenoxy) is 2. The molecule has 8 heteroatoms. The summed E-state index contributed by atoms with van der Waals surface area (Å²) in [6, 6.07) is 18.0. The molecule has 0 bridgehead atoms. The minimum absolute atomic E-state index is 0.0336. The Morgan fingerprint density at radius 1 is 1.11 bits per heavy atom. The number of hydrogen-bond donors (Lipinski definition) is 0. The second-order valence-electron chi connectivity index (χ2n) is 8.56. The number of benzene rings is 2. The summed E-state index contributed by atoms with van der Waals surface area (Å²) in [5.74, 6) is 1.55. The monoisotopic (exact) mass is 519 g/mol. The molecule has 0 N–H and O–H groups in total. The van der Waals surface area contributed by atoms with Crippen LogP contribution in [0.25, 0.3) is 10.9 Å². The fourth-order valence-electron chi connectivity index (χ4n) is 4.71. The quantitative estimate of drug-likeness (QED) is 0.234. The van der Waals surface area contributed by atoms with Gasteiger partial charge in [0.15, 0.2) is 11.5 Å². The van der Waals surface area contributed by atoms with Gasteiger partial charge in [-0.05, 0) is 30.0 Å². The number of hydrazone groups is 1. The molecule has 0 aliphatic carbocycles. The number of carbonyl (C=O) groups is 1. The molecule has 6 nitrogen and oxygen atoms in total. The van der Waals surface area contributed by atoms with Gasteiger partial charge in [0, 0.05) is 40.5 Å². The van der Waals surface area contributed by atoms with Crippen LogP contribution in [0.3, 0.4) is 0 Å². The number of aryl methyl sites for hydroxylation is 1. The zero-order chi connectivity index (χ0) is 25.1. The number of rotatable bonds is 9. The Hall–Kier alpha value is -3.23. The number of carbonyl (C=O) groups excluding carboxylic acids is 1. The second kappa shape index (κ2) is 10.8. The summed E-state index contributed by atoms with van der Waals surface area (Å²) in [6.45, 7) is 3.13. The van der Waals surface area contributed by atoms with Gasteiger partial charge in [-0.3, -0.25) is 4.79 Å². The lowest BCUT2D eigenvalue weighted by Crippen LogP contribution is -2.28. The highest BCUT2D eigenvalue weighted by molar-refractivity contribution is 8.00. The maximum Gasteiger partial charge on any atom is 0.253 e. The van der Waals surface area contributed by atoms with Crippen LogP contribution in [0.15, 0.2) is 76.2 Å². The van der Waals surface area contributed by atoms with Crippen LogP contribution in [0.4, 0.5) is 0 Å². The van der Waals surface area contributed by atoms with Gasteiger partial charge in [-0.25, -0.2) is 5.01 Å². The number of nitrogens with zero attached hydrogens (tertiary/aromatic N) is 3. The van der Waals surface area contributed by atoms with Crippen LogP contribution < -0.4 is 9.47 Å².